The standard InChI is InChI=1S/C22H27N9O3/c1-22(2,34)6-7-25-21(33)18-16(11-27-31(18)3)30-20(32)17-19(28-14-8-23-12-24-9-14)26-10-15(29-17)13-4-5-13/h8-13,34H,4-7H2,1-3H3,(H,25,33)(H,26,28)(H,30,32). The minimum absolute atomic E-state index is 0.0884. The first-order chi connectivity index (χ1) is 16.2. The molecule has 12 nitrogen and oxygen atoms in total. The van der Waals surface area contributed by atoms with E-state index in [0.29, 0.717) is 18.0 Å². The summed E-state index contributed by atoms with van der Waals surface area (Å²) in [6.45, 7) is 3.60. The monoisotopic (exact) mass is 465 g/mol. The third-order valence-electron chi connectivity index (χ3n) is 5.25. The van der Waals surface area contributed by atoms with Crippen LogP contribution in [0.25, 0.3) is 0 Å². The minimum Gasteiger partial charge on any atom is -0.390 e. The lowest BCUT2D eigenvalue weighted by molar-refractivity contribution is 0.0691. The Morgan fingerprint density at radius 1 is 1.15 bits per heavy atom. The summed E-state index contributed by atoms with van der Waals surface area (Å²) < 4.78 is 1.38. The average Bonchev–Trinajstić information content (AvgIpc) is 3.57. The van der Waals surface area contributed by atoms with Gasteiger partial charge in [0.25, 0.3) is 11.8 Å². The minimum atomic E-state index is -0.908. The summed E-state index contributed by atoms with van der Waals surface area (Å²) in [7, 11) is 1.61. The molecule has 3 heterocycles. The second-order valence-corrected chi connectivity index (χ2v) is 8.82. The van der Waals surface area contributed by atoms with E-state index in [1.54, 1.807) is 39.5 Å². The summed E-state index contributed by atoms with van der Waals surface area (Å²) in [5.41, 5.74) is 0.900. The Labute approximate surface area is 196 Å². The van der Waals surface area contributed by atoms with Crippen LogP contribution >= 0.6 is 0 Å². The molecule has 1 fully saturated rings. The Balaban J connectivity index is 1.56. The summed E-state index contributed by atoms with van der Waals surface area (Å²) in [5.74, 6) is -0.412. The van der Waals surface area contributed by atoms with E-state index >= 15 is 0 Å². The molecular weight excluding hydrogens is 438 g/mol. The average molecular weight is 466 g/mol. The van der Waals surface area contributed by atoms with Gasteiger partial charge in [0.05, 0.1) is 47.5 Å². The maximum atomic E-state index is 13.3. The van der Waals surface area contributed by atoms with Gasteiger partial charge in [-0.25, -0.2) is 19.9 Å². The molecule has 4 N–H and O–H groups in total. The quantitative estimate of drug-likeness (QED) is 0.369. The van der Waals surface area contributed by atoms with Crippen LogP contribution in [0.2, 0.25) is 0 Å². The zero-order valence-corrected chi connectivity index (χ0v) is 19.2. The third kappa shape index (κ3) is 5.70. The van der Waals surface area contributed by atoms with Crippen molar-refractivity contribution in [3.05, 3.63) is 48.2 Å². The number of nitrogens with zero attached hydrogens (tertiary/aromatic N) is 6. The van der Waals surface area contributed by atoms with Crippen LogP contribution in [0.1, 0.15) is 65.7 Å². The lowest BCUT2D eigenvalue weighted by atomic mass is 10.1. The fourth-order valence-electron chi connectivity index (χ4n) is 3.27. The van der Waals surface area contributed by atoms with E-state index in [-0.39, 0.29) is 29.4 Å². The van der Waals surface area contributed by atoms with Gasteiger partial charge in [0, 0.05) is 19.5 Å². The van der Waals surface area contributed by atoms with E-state index in [2.05, 4.69) is 41.0 Å². The lowest BCUT2D eigenvalue weighted by Crippen LogP contribution is -2.32. The molecule has 0 aliphatic heterocycles. The predicted molar refractivity (Wildman–Crippen MR) is 124 cm³/mol. The predicted octanol–water partition coefficient (Wildman–Crippen LogP) is 1.76. The topological polar surface area (TPSA) is 160 Å². The Morgan fingerprint density at radius 2 is 1.88 bits per heavy atom. The number of hydrogen-bond donors (Lipinski definition) is 4. The van der Waals surface area contributed by atoms with Gasteiger partial charge in [0.1, 0.15) is 12.0 Å². The number of carbonyl (C=O) groups excluding carboxylic acids is 2. The van der Waals surface area contributed by atoms with Gasteiger partial charge in [-0.3, -0.25) is 14.3 Å². The molecule has 1 aliphatic carbocycles. The molecule has 12 heteroatoms. The molecule has 3 aromatic heterocycles. The van der Waals surface area contributed by atoms with Gasteiger partial charge in [-0.1, -0.05) is 0 Å². The maximum absolute atomic E-state index is 13.3. The van der Waals surface area contributed by atoms with Gasteiger partial charge >= 0.3 is 0 Å². The molecule has 0 radical (unpaired) electrons. The summed E-state index contributed by atoms with van der Waals surface area (Å²) in [6, 6.07) is 0. The molecule has 3 aromatic rings. The molecule has 2 amide bonds. The highest BCUT2D eigenvalue weighted by Gasteiger charge is 2.28. The van der Waals surface area contributed by atoms with Crippen LogP contribution in [0.5, 0.6) is 0 Å². The van der Waals surface area contributed by atoms with Gasteiger partial charge in [-0.15, -0.1) is 0 Å². The van der Waals surface area contributed by atoms with Crippen molar-refractivity contribution in [2.45, 2.75) is 44.6 Å². The number of carbonyl (C=O) groups is 2. The van der Waals surface area contributed by atoms with E-state index in [1.165, 1.54) is 17.2 Å². The van der Waals surface area contributed by atoms with Crippen molar-refractivity contribution >= 4 is 29.0 Å². The summed E-state index contributed by atoms with van der Waals surface area (Å²) in [6.07, 6.45) is 9.96. The summed E-state index contributed by atoms with van der Waals surface area (Å²) in [5, 5.41) is 22.5. The van der Waals surface area contributed by atoms with Crippen LogP contribution in [-0.4, -0.2) is 58.8 Å². The van der Waals surface area contributed by atoms with Crippen LogP contribution in [0, 0.1) is 0 Å². The first kappa shape index (κ1) is 23.2. The highest BCUT2D eigenvalue weighted by atomic mass is 16.3. The number of hydrogen-bond acceptors (Lipinski definition) is 9. The molecular formula is C22H27N9O3. The maximum Gasteiger partial charge on any atom is 0.278 e. The molecule has 4 rings (SSSR count). The number of aryl methyl sites for hydroxylation is 1. The first-order valence-corrected chi connectivity index (χ1v) is 10.9. The van der Waals surface area contributed by atoms with Crippen molar-refractivity contribution in [3.8, 4) is 0 Å². The SMILES string of the molecule is Cn1ncc(NC(=O)c2nc(C3CC3)cnc2Nc2cncnc2)c1C(=O)NCCC(C)(C)O. The molecule has 178 valence electrons. The summed E-state index contributed by atoms with van der Waals surface area (Å²) >= 11 is 0. The fraction of sp³-hybridized carbons (Fsp3) is 0.409. The zero-order valence-electron chi connectivity index (χ0n) is 19.2. The van der Waals surface area contributed by atoms with Crippen molar-refractivity contribution in [2.24, 2.45) is 7.05 Å². The van der Waals surface area contributed by atoms with Gasteiger partial charge in [-0.2, -0.15) is 5.10 Å². The molecule has 0 aromatic carbocycles. The Hall–Kier alpha value is -3.93. The van der Waals surface area contributed by atoms with Crippen molar-refractivity contribution in [1.82, 2.24) is 35.0 Å². The second kappa shape index (κ2) is 9.51. The Bertz CT molecular complexity index is 1180. The van der Waals surface area contributed by atoms with Gasteiger partial charge in [-0.05, 0) is 33.1 Å². The number of nitrogens with one attached hydrogen (secondary N) is 3. The van der Waals surface area contributed by atoms with E-state index in [9.17, 15) is 14.7 Å². The Kier molecular flexibility index (Phi) is 6.50. The largest absolute Gasteiger partial charge is 0.390 e. The third-order valence-corrected chi connectivity index (χ3v) is 5.25. The summed E-state index contributed by atoms with van der Waals surface area (Å²) in [4.78, 5) is 42.9. The van der Waals surface area contributed by atoms with Gasteiger partial charge < -0.3 is 21.1 Å². The van der Waals surface area contributed by atoms with Crippen LogP contribution in [0.3, 0.4) is 0 Å². The number of aliphatic hydroxyl groups is 1. The molecule has 0 unspecified atom stereocenters. The van der Waals surface area contributed by atoms with Crippen LogP contribution in [-0.2, 0) is 7.05 Å². The van der Waals surface area contributed by atoms with E-state index in [1.807, 2.05) is 0 Å². The van der Waals surface area contributed by atoms with Crippen molar-refractivity contribution < 1.29 is 14.7 Å². The van der Waals surface area contributed by atoms with E-state index < -0.39 is 17.4 Å². The van der Waals surface area contributed by atoms with Gasteiger partial charge in [0.15, 0.2) is 11.5 Å². The normalized spacial score (nSPS) is 13.4. The Morgan fingerprint density at radius 3 is 2.56 bits per heavy atom. The molecule has 34 heavy (non-hydrogen) atoms. The molecule has 1 aliphatic rings. The smallest absolute Gasteiger partial charge is 0.278 e. The van der Waals surface area contributed by atoms with Crippen molar-refractivity contribution in [3.63, 3.8) is 0 Å². The van der Waals surface area contributed by atoms with Gasteiger partial charge in [0.2, 0.25) is 0 Å². The van der Waals surface area contributed by atoms with E-state index in [4.69, 9.17) is 0 Å². The number of amides is 2. The first-order valence-electron chi connectivity index (χ1n) is 10.9. The second-order valence-electron chi connectivity index (χ2n) is 8.82. The number of rotatable bonds is 9. The van der Waals surface area contributed by atoms with Crippen molar-refractivity contribution in [2.75, 3.05) is 17.2 Å². The molecule has 0 bridgehead atoms. The number of aromatic nitrogens is 6. The van der Waals surface area contributed by atoms with Crippen LogP contribution in [0.4, 0.5) is 17.2 Å². The van der Waals surface area contributed by atoms with Crippen LogP contribution in [0.15, 0.2) is 31.1 Å². The van der Waals surface area contributed by atoms with Crippen LogP contribution < -0.4 is 16.0 Å². The fourth-order valence-corrected chi connectivity index (χ4v) is 3.27. The number of anilines is 3. The molecule has 0 atom stereocenters. The molecule has 0 spiro atoms. The van der Waals surface area contributed by atoms with Crippen molar-refractivity contribution in [1.29, 1.82) is 0 Å². The molecule has 1 saturated carbocycles. The highest BCUT2D eigenvalue weighted by molar-refractivity contribution is 6.09. The lowest BCUT2D eigenvalue weighted by Gasteiger charge is -2.17. The molecule has 0 saturated heterocycles. The zero-order chi connectivity index (χ0) is 24.3. The van der Waals surface area contributed by atoms with E-state index in [0.717, 1.165) is 18.5 Å². The highest BCUT2D eigenvalue weighted by Crippen LogP contribution is 2.39.